The highest BCUT2D eigenvalue weighted by molar-refractivity contribution is 4.86. The third kappa shape index (κ3) is 5.37. The largest absolute Gasteiger partial charge is 0.348 e. The summed E-state index contributed by atoms with van der Waals surface area (Å²) in [6, 6.07) is 0.555. The van der Waals surface area contributed by atoms with Crippen LogP contribution in [0.15, 0.2) is 25.0 Å². The van der Waals surface area contributed by atoms with Gasteiger partial charge < -0.3 is 10.3 Å². The SMILES string of the molecule is C=CCCCCC(C)NCc1ncc[nH]1. The fourth-order valence-corrected chi connectivity index (χ4v) is 1.51. The molecule has 0 spiro atoms. The second kappa shape index (κ2) is 7.23. The quantitative estimate of drug-likeness (QED) is 0.508. The van der Waals surface area contributed by atoms with Gasteiger partial charge in [-0.15, -0.1) is 6.58 Å². The molecule has 0 aromatic carbocycles. The third-order valence-corrected chi connectivity index (χ3v) is 2.47. The Labute approximate surface area is 92.0 Å². The second-order valence-corrected chi connectivity index (χ2v) is 3.89. The molecule has 3 heteroatoms. The molecule has 1 heterocycles. The predicted octanol–water partition coefficient (Wildman–Crippen LogP) is 2.63. The van der Waals surface area contributed by atoms with Crippen LogP contribution in [0.2, 0.25) is 0 Å². The van der Waals surface area contributed by atoms with Crippen molar-refractivity contribution in [1.82, 2.24) is 15.3 Å². The monoisotopic (exact) mass is 207 g/mol. The smallest absolute Gasteiger partial charge is 0.120 e. The molecule has 2 N–H and O–H groups in total. The minimum atomic E-state index is 0.555. The lowest BCUT2D eigenvalue weighted by Crippen LogP contribution is -2.25. The Kier molecular flexibility index (Phi) is 5.78. The van der Waals surface area contributed by atoms with Crippen molar-refractivity contribution in [3.05, 3.63) is 30.9 Å². The summed E-state index contributed by atoms with van der Waals surface area (Å²) in [5, 5.41) is 3.44. The maximum atomic E-state index is 4.17. The van der Waals surface area contributed by atoms with E-state index in [1.165, 1.54) is 19.3 Å². The molecule has 84 valence electrons. The van der Waals surface area contributed by atoms with Gasteiger partial charge in [0.2, 0.25) is 0 Å². The number of H-pyrrole nitrogens is 1. The molecule has 1 atom stereocenters. The molecule has 1 unspecified atom stereocenters. The number of unbranched alkanes of at least 4 members (excludes halogenated alkanes) is 2. The summed E-state index contributed by atoms with van der Waals surface area (Å²) in [6.07, 6.45) is 10.5. The average molecular weight is 207 g/mol. The fraction of sp³-hybridized carbons (Fsp3) is 0.583. The lowest BCUT2D eigenvalue weighted by Gasteiger charge is -2.12. The second-order valence-electron chi connectivity index (χ2n) is 3.89. The van der Waals surface area contributed by atoms with Crippen molar-refractivity contribution < 1.29 is 0 Å². The maximum Gasteiger partial charge on any atom is 0.120 e. The summed E-state index contributed by atoms with van der Waals surface area (Å²) in [5.74, 6) is 1.01. The summed E-state index contributed by atoms with van der Waals surface area (Å²) in [4.78, 5) is 7.25. The predicted molar refractivity (Wildman–Crippen MR) is 63.6 cm³/mol. The van der Waals surface area contributed by atoms with Crippen molar-refractivity contribution in [3.63, 3.8) is 0 Å². The molecule has 0 radical (unpaired) electrons. The van der Waals surface area contributed by atoms with Gasteiger partial charge in [-0.2, -0.15) is 0 Å². The van der Waals surface area contributed by atoms with Gasteiger partial charge in [0.1, 0.15) is 5.82 Å². The number of hydrogen-bond donors (Lipinski definition) is 2. The van der Waals surface area contributed by atoms with Gasteiger partial charge in [-0.25, -0.2) is 4.98 Å². The maximum absolute atomic E-state index is 4.17. The first-order valence-corrected chi connectivity index (χ1v) is 5.65. The molecule has 0 fully saturated rings. The van der Waals surface area contributed by atoms with Gasteiger partial charge in [0.25, 0.3) is 0 Å². The topological polar surface area (TPSA) is 40.7 Å². The Morgan fingerprint density at radius 2 is 2.47 bits per heavy atom. The molecular weight excluding hydrogens is 186 g/mol. The molecular formula is C12H21N3. The Morgan fingerprint density at radius 1 is 1.60 bits per heavy atom. The highest BCUT2D eigenvalue weighted by atomic mass is 15.0. The number of hydrogen-bond acceptors (Lipinski definition) is 2. The van der Waals surface area contributed by atoms with Gasteiger partial charge in [0.15, 0.2) is 0 Å². The van der Waals surface area contributed by atoms with E-state index in [9.17, 15) is 0 Å². The van der Waals surface area contributed by atoms with Crippen molar-refractivity contribution in [1.29, 1.82) is 0 Å². The fourth-order valence-electron chi connectivity index (χ4n) is 1.51. The molecule has 0 aliphatic rings. The molecule has 1 rings (SSSR count). The van der Waals surface area contributed by atoms with Gasteiger partial charge in [-0.3, -0.25) is 0 Å². The van der Waals surface area contributed by atoms with Crippen molar-refractivity contribution in [3.8, 4) is 0 Å². The van der Waals surface area contributed by atoms with E-state index in [1.807, 2.05) is 12.3 Å². The van der Waals surface area contributed by atoms with Crippen molar-refractivity contribution >= 4 is 0 Å². The first-order chi connectivity index (χ1) is 7.33. The molecule has 0 saturated heterocycles. The number of nitrogens with zero attached hydrogens (tertiary/aromatic N) is 1. The van der Waals surface area contributed by atoms with Crippen LogP contribution in [0, 0.1) is 0 Å². The van der Waals surface area contributed by atoms with E-state index >= 15 is 0 Å². The summed E-state index contributed by atoms with van der Waals surface area (Å²) in [5.41, 5.74) is 0. The van der Waals surface area contributed by atoms with E-state index in [0.717, 1.165) is 18.8 Å². The van der Waals surface area contributed by atoms with Crippen LogP contribution >= 0.6 is 0 Å². The minimum absolute atomic E-state index is 0.555. The number of allylic oxidation sites excluding steroid dienone is 1. The Balaban J connectivity index is 2.03. The van der Waals surface area contributed by atoms with Crippen LogP contribution in [0.4, 0.5) is 0 Å². The van der Waals surface area contributed by atoms with Crippen LogP contribution in [0.3, 0.4) is 0 Å². The van der Waals surface area contributed by atoms with Gasteiger partial charge in [0.05, 0.1) is 6.54 Å². The number of nitrogens with one attached hydrogen (secondary N) is 2. The summed E-state index contributed by atoms with van der Waals surface area (Å²) >= 11 is 0. The van der Waals surface area contributed by atoms with Crippen LogP contribution in [0.5, 0.6) is 0 Å². The zero-order chi connectivity index (χ0) is 10.9. The van der Waals surface area contributed by atoms with E-state index in [2.05, 4.69) is 28.8 Å². The highest BCUT2D eigenvalue weighted by Gasteiger charge is 2.01. The number of imidazole rings is 1. The minimum Gasteiger partial charge on any atom is -0.348 e. The normalized spacial score (nSPS) is 12.6. The lowest BCUT2D eigenvalue weighted by atomic mass is 10.1. The summed E-state index contributed by atoms with van der Waals surface area (Å²) in [7, 11) is 0. The summed E-state index contributed by atoms with van der Waals surface area (Å²) in [6.45, 7) is 6.77. The van der Waals surface area contributed by atoms with E-state index in [1.54, 1.807) is 6.20 Å². The van der Waals surface area contributed by atoms with Gasteiger partial charge in [-0.05, 0) is 26.2 Å². The third-order valence-electron chi connectivity index (χ3n) is 2.47. The molecule has 1 aromatic rings. The zero-order valence-electron chi connectivity index (χ0n) is 9.50. The van der Waals surface area contributed by atoms with E-state index in [4.69, 9.17) is 0 Å². The van der Waals surface area contributed by atoms with Crippen LogP contribution in [0.1, 0.15) is 38.4 Å². The molecule has 0 saturated carbocycles. The summed E-state index contributed by atoms with van der Waals surface area (Å²) < 4.78 is 0. The first kappa shape index (κ1) is 12.0. The highest BCUT2D eigenvalue weighted by Crippen LogP contribution is 2.04. The van der Waals surface area contributed by atoms with Gasteiger partial charge >= 0.3 is 0 Å². The van der Waals surface area contributed by atoms with Crippen LogP contribution in [-0.2, 0) is 6.54 Å². The Morgan fingerprint density at radius 3 is 3.13 bits per heavy atom. The van der Waals surface area contributed by atoms with E-state index in [0.29, 0.717) is 6.04 Å². The Hall–Kier alpha value is -1.09. The molecule has 0 aliphatic carbocycles. The van der Waals surface area contributed by atoms with E-state index < -0.39 is 0 Å². The lowest BCUT2D eigenvalue weighted by molar-refractivity contribution is 0.484. The molecule has 0 aliphatic heterocycles. The van der Waals surface area contributed by atoms with Crippen LogP contribution in [0.25, 0.3) is 0 Å². The van der Waals surface area contributed by atoms with Crippen LogP contribution < -0.4 is 5.32 Å². The van der Waals surface area contributed by atoms with Crippen molar-refractivity contribution in [2.24, 2.45) is 0 Å². The first-order valence-electron chi connectivity index (χ1n) is 5.65. The molecule has 1 aromatic heterocycles. The van der Waals surface area contributed by atoms with Gasteiger partial charge in [-0.1, -0.05) is 12.5 Å². The Bertz CT molecular complexity index is 254. The average Bonchev–Trinajstić information content (AvgIpc) is 2.74. The van der Waals surface area contributed by atoms with Gasteiger partial charge in [0, 0.05) is 18.4 Å². The van der Waals surface area contributed by atoms with Crippen LogP contribution in [-0.4, -0.2) is 16.0 Å². The molecule has 0 bridgehead atoms. The number of aromatic amines is 1. The molecule has 3 nitrogen and oxygen atoms in total. The van der Waals surface area contributed by atoms with E-state index in [-0.39, 0.29) is 0 Å². The molecule has 0 amide bonds. The molecule has 15 heavy (non-hydrogen) atoms. The van der Waals surface area contributed by atoms with Crippen molar-refractivity contribution in [2.75, 3.05) is 0 Å². The number of rotatable bonds is 8. The zero-order valence-corrected chi connectivity index (χ0v) is 9.50. The van der Waals surface area contributed by atoms with Crippen molar-refractivity contribution in [2.45, 2.75) is 45.2 Å². The number of aromatic nitrogens is 2. The standard InChI is InChI=1S/C12H21N3/c1-3-4-5-6-7-11(2)15-10-12-13-8-9-14-12/h3,8-9,11,15H,1,4-7,10H2,2H3,(H,13,14).